The topological polar surface area (TPSA) is 92.4 Å². The van der Waals surface area contributed by atoms with E-state index in [0.717, 1.165) is 16.8 Å². The van der Waals surface area contributed by atoms with Crippen molar-refractivity contribution in [3.63, 3.8) is 0 Å². The van der Waals surface area contributed by atoms with Crippen LogP contribution in [0.2, 0.25) is 0 Å². The van der Waals surface area contributed by atoms with E-state index in [1.54, 1.807) is 31.2 Å². The van der Waals surface area contributed by atoms with E-state index >= 15 is 0 Å². The number of hydrazone groups is 1. The van der Waals surface area contributed by atoms with Crippen molar-refractivity contribution in [2.45, 2.75) is 45.2 Å². The van der Waals surface area contributed by atoms with Gasteiger partial charge in [0.25, 0.3) is 5.91 Å². The summed E-state index contributed by atoms with van der Waals surface area (Å²) in [6, 6.07) is 23.4. The molecular weight excluding hydrogens is 482 g/mol. The highest BCUT2D eigenvalue weighted by Gasteiger charge is 2.19. The Hall–Kier alpha value is -3.91. The highest BCUT2D eigenvalue weighted by molar-refractivity contribution is 7.99. The van der Waals surface area contributed by atoms with Crippen LogP contribution < -0.4 is 5.43 Å². The van der Waals surface area contributed by atoms with Crippen LogP contribution in [0.15, 0.2) is 83.1 Å². The molecule has 37 heavy (non-hydrogen) atoms. The third-order valence-electron chi connectivity index (χ3n) is 5.91. The van der Waals surface area contributed by atoms with Crippen LogP contribution in [-0.4, -0.2) is 37.2 Å². The number of aromatic hydroxyl groups is 1. The molecule has 1 aromatic heterocycles. The van der Waals surface area contributed by atoms with E-state index in [1.165, 1.54) is 17.3 Å². The van der Waals surface area contributed by atoms with Crippen LogP contribution in [0.25, 0.3) is 17.1 Å². The molecule has 0 saturated heterocycles. The molecule has 7 nitrogen and oxygen atoms in total. The quantitative estimate of drug-likeness (QED) is 0.183. The molecule has 0 atom stereocenters. The first-order chi connectivity index (χ1) is 17.6. The molecule has 1 heterocycles. The van der Waals surface area contributed by atoms with Crippen molar-refractivity contribution in [3.8, 4) is 22.8 Å². The Kier molecular flexibility index (Phi) is 7.78. The van der Waals surface area contributed by atoms with Crippen LogP contribution in [0.4, 0.5) is 0 Å². The first kappa shape index (κ1) is 26.2. The fourth-order valence-corrected chi connectivity index (χ4v) is 4.49. The number of benzene rings is 3. The van der Waals surface area contributed by atoms with Gasteiger partial charge in [-0.15, -0.1) is 10.2 Å². The van der Waals surface area contributed by atoms with Crippen molar-refractivity contribution < 1.29 is 9.90 Å². The normalized spacial score (nSPS) is 12.0. The molecule has 0 bridgehead atoms. The Labute approximate surface area is 221 Å². The fraction of sp³-hybridized carbons (Fsp3) is 0.241. The summed E-state index contributed by atoms with van der Waals surface area (Å²) in [5.41, 5.74) is 7.95. The predicted molar refractivity (Wildman–Crippen MR) is 149 cm³/mol. The predicted octanol–water partition coefficient (Wildman–Crippen LogP) is 5.88. The summed E-state index contributed by atoms with van der Waals surface area (Å²) in [6.07, 6.45) is 0. The summed E-state index contributed by atoms with van der Waals surface area (Å²) in [5.74, 6) is 0.640. The first-order valence-electron chi connectivity index (χ1n) is 12.0. The minimum Gasteiger partial charge on any atom is -0.507 e. The zero-order valence-corrected chi connectivity index (χ0v) is 22.5. The van der Waals surface area contributed by atoms with Gasteiger partial charge in [-0.25, -0.2) is 5.43 Å². The van der Waals surface area contributed by atoms with Gasteiger partial charge in [-0.1, -0.05) is 86.6 Å². The first-order valence-corrected chi connectivity index (χ1v) is 13.0. The second kappa shape index (κ2) is 11.0. The summed E-state index contributed by atoms with van der Waals surface area (Å²) in [5, 5.41) is 23.6. The number of para-hydroxylation sites is 1. The van der Waals surface area contributed by atoms with E-state index < -0.39 is 0 Å². The van der Waals surface area contributed by atoms with Gasteiger partial charge in [0, 0.05) is 16.8 Å². The Morgan fingerprint density at radius 2 is 1.68 bits per heavy atom. The van der Waals surface area contributed by atoms with E-state index in [0.29, 0.717) is 22.3 Å². The van der Waals surface area contributed by atoms with Crippen molar-refractivity contribution in [2.75, 3.05) is 5.75 Å². The molecule has 0 fully saturated rings. The highest BCUT2D eigenvalue weighted by Crippen LogP contribution is 2.30. The molecule has 0 radical (unpaired) electrons. The Morgan fingerprint density at radius 3 is 2.32 bits per heavy atom. The lowest BCUT2D eigenvalue weighted by Crippen LogP contribution is -2.21. The molecule has 0 aliphatic heterocycles. The van der Waals surface area contributed by atoms with E-state index in [2.05, 4.69) is 65.8 Å². The van der Waals surface area contributed by atoms with Gasteiger partial charge in [0.2, 0.25) is 0 Å². The molecule has 0 aliphatic carbocycles. The number of rotatable bonds is 7. The van der Waals surface area contributed by atoms with Crippen LogP contribution >= 0.6 is 11.8 Å². The Bertz CT molecular complexity index is 1420. The molecule has 8 heteroatoms. The fourth-order valence-electron chi connectivity index (χ4n) is 3.74. The number of hydrogen-bond acceptors (Lipinski definition) is 6. The minimum absolute atomic E-state index is 0.0532. The number of carbonyl (C=O) groups excluding carboxylic acids is 1. The zero-order chi connectivity index (χ0) is 26.6. The SMILES string of the molecule is C/C(=N\NC(=O)CSc1nnc(-c2ccc(C(C)(C)C)cc2)n1-c1ccc(C)cc1)c1ccccc1O. The van der Waals surface area contributed by atoms with Gasteiger partial charge in [0.1, 0.15) is 5.75 Å². The molecule has 2 N–H and O–H groups in total. The number of nitrogens with one attached hydrogen (secondary N) is 1. The average molecular weight is 514 g/mol. The smallest absolute Gasteiger partial charge is 0.250 e. The maximum atomic E-state index is 12.6. The molecule has 1 amide bonds. The van der Waals surface area contributed by atoms with Gasteiger partial charge in [-0.2, -0.15) is 5.10 Å². The molecule has 4 aromatic rings. The number of phenols is 1. The lowest BCUT2D eigenvalue weighted by molar-refractivity contribution is -0.118. The maximum absolute atomic E-state index is 12.6. The zero-order valence-electron chi connectivity index (χ0n) is 21.7. The van der Waals surface area contributed by atoms with Gasteiger partial charge in [0.05, 0.1) is 11.5 Å². The second-order valence-electron chi connectivity index (χ2n) is 9.84. The minimum atomic E-state index is -0.283. The van der Waals surface area contributed by atoms with E-state index in [-0.39, 0.29) is 22.8 Å². The second-order valence-corrected chi connectivity index (χ2v) is 10.8. The average Bonchev–Trinajstić information content (AvgIpc) is 3.30. The molecule has 0 saturated carbocycles. The van der Waals surface area contributed by atoms with E-state index in [1.807, 2.05) is 35.8 Å². The Balaban J connectivity index is 1.56. The van der Waals surface area contributed by atoms with E-state index in [9.17, 15) is 9.90 Å². The molecule has 4 rings (SSSR count). The largest absolute Gasteiger partial charge is 0.507 e. The highest BCUT2D eigenvalue weighted by atomic mass is 32.2. The van der Waals surface area contributed by atoms with Crippen molar-refractivity contribution >= 4 is 23.4 Å². The number of amides is 1. The van der Waals surface area contributed by atoms with Crippen LogP contribution in [0.5, 0.6) is 5.75 Å². The molecule has 0 aliphatic rings. The van der Waals surface area contributed by atoms with Crippen LogP contribution in [-0.2, 0) is 10.2 Å². The number of thioether (sulfide) groups is 1. The summed E-state index contributed by atoms with van der Waals surface area (Å²) >= 11 is 1.29. The monoisotopic (exact) mass is 513 g/mol. The number of nitrogens with zero attached hydrogens (tertiary/aromatic N) is 4. The number of hydrogen-bond donors (Lipinski definition) is 2. The van der Waals surface area contributed by atoms with Crippen molar-refractivity contribution in [3.05, 3.63) is 89.5 Å². The van der Waals surface area contributed by atoms with Gasteiger partial charge in [0.15, 0.2) is 11.0 Å². The molecule has 0 spiro atoms. The van der Waals surface area contributed by atoms with Gasteiger partial charge >= 0.3 is 0 Å². The molecular formula is C29H31N5O2S. The maximum Gasteiger partial charge on any atom is 0.250 e. The van der Waals surface area contributed by atoms with Crippen LogP contribution in [0.3, 0.4) is 0 Å². The number of carbonyl (C=O) groups is 1. The Morgan fingerprint density at radius 1 is 1.00 bits per heavy atom. The summed E-state index contributed by atoms with van der Waals surface area (Å²) in [4.78, 5) is 12.6. The summed E-state index contributed by atoms with van der Waals surface area (Å²) in [7, 11) is 0. The van der Waals surface area contributed by atoms with Crippen LogP contribution in [0.1, 0.15) is 44.4 Å². The third-order valence-corrected chi connectivity index (χ3v) is 6.84. The standard InChI is InChI=1S/C29H31N5O2S/c1-19-10-16-23(17-11-19)34-27(21-12-14-22(15-13-21)29(3,4)5)32-33-28(34)37-18-26(36)31-30-20(2)24-8-6-7-9-25(24)35/h6-17,35H,18H2,1-5H3,(H,31,36)/b30-20+. The van der Waals surface area contributed by atoms with Crippen LogP contribution in [0, 0.1) is 6.92 Å². The number of aryl methyl sites for hydroxylation is 1. The summed E-state index contributed by atoms with van der Waals surface area (Å²) < 4.78 is 1.97. The summed E-state index contributed by atoms with van der Waals surface area (Å²) in [6.45, 7) is 10.3. The lowest BCUT2D eigenvalue weighted by Gasteiger charge is -2.19. The van der Waals surface area contributed by atoms with Crippen molar-refractivity contribution in [1.29, 1.82) is 0 Å². The van der Waals surface area contributed by atoms with Gasteiger partial charge in [-0.3, -0.25) is 9.36 Å². The van der Waals surface area contributed by atoms with Crippen molar-refractivity contribution in [1.82, 2.24) is 20.2 Å². The molecule has 0 unspecified atom stereocenters. The lowest BCUT2D eigenvalue weighted by atomic mass is 9.87. The third kappa shape index (κ3) is 6.27. The van der Waals surface area contributed by atoms with E-state index in [4.69, 9.17) is 0 Å². The molecule has 190 valence electrons. The number of aromatic nitrogens is 3. The molecule has 3 aromatic carbocycles. The number of phenolic OH excluding ortho intramolecular Hbond substituents is 1. The van der Waals surface area contributed by atoms with Gasteiger partial charge < -0.3 is 5.11 Å². The van der Waals surface area contributed by atoms with Gasteiger partial charge in [-0.05, 0) is 49.1 Å². The van der Waals surface area contributed by atoms with Crippen molar-refractivity contribution in [2.24, 2.45) is 5.10 Å².